The standard InChI is InChI=1S/C22H38N8O6/c1-12(2)18(25)21(34)30-16(9-13-10-26-11-27-13)20(33)28-14(6-7-17(24)31)19(32)29-15(22(35)36)5-3-4-8-23/h10-12,14-16,18H,3-9,23,25H2,1-2H3,(H2,24,31)(H,26,27)(H,28,33)(H,29,32)(H,30,34)(H,35,36). The molecule has 0 spiro atoms. The summed E-state index contributed by atoms with van der Waals surface area (Å²) >= 11 is 0. The van der Waals surface area contributed by atoms with Crippen LogP contribution in [0.15, 0.2) is 12.5 Å². The van der Waals surface area contributed by atoms with E-state index >= 15 is 0 Å². The van der Waals surface area contributed by atoms with Crippen LogP contribution in [0.3, 0.4) is 0 Å². The third-order valence-electron chi connectivity index (χ3n) is 5.51. The number of carboxylic acids is 1. The van der Waals surface area contributed by atoms with Crippen molar-refractivity contribution in [1.82, 2.24) is 25.9 Å². The number of carbonyl (C=O) groups excluding carboxylic acids is 4. The Morgan fingerprint density at radius 1 is 0.972 bits per heavy atom. The van der Waals surface area contributed by atoms with Gasteiger partial charge in [0.2, 0.25) is 23.6 Å². The van der Waals surface area contributed by atoms with E-state index in [1.165, 1.54) is 12.5 Å². The van der Waals surface area contributed by atoms with Crippen LogP contribution < -0.4 is 33.2 Å². The summed E-state index contributed by atoms with van der Waals surface area (Å²) in [5, 5.41) is 16.9. The van der Waals surface area contributed by atoms with Crippen LogP contribution in [0, 0.1) is 5.92 Å². The van der Waals surface area contributed by atoms with E-state index in [0.717, 1.165) is 0 Å². The van der Waals surface area contributed by atoms with Crippen molar-refractivity contribution in [3.8, 4) is 0 Å². The SMILES string of the molecule is CC(C)C(N)C(=O)NC(Cc1cnc[nH]1)C(=O)NC(CCC(N)=O)C(=O)NC(CCCCN)C(=O)O. The minimum absolute atomic E-state index is 0.0172. The smallest absolute Gasteiger partial charge is 0.326 e. The van der Waals surface area contributed by atoms with Crippen LogP contribution in [0.5, 0.6) is 0 Å². The van der Waals surface area contributed by atoms with Crippen molar-refractivity contribution in [3.05, 3.63) is 18.2 Å². The molecule has 1 heterocycles. The second-order valence-corrected chi connectivity index (χ2v) is 8.86. The fraction of sp³-hybridized carbons (Fsp3) is 0.636. The number of aromatic nitrogens is 2. The Morgan fingerprint density at radius 3 is 2.11 bits per heavy atom. The summed E-state index contributed by atoms with van der Waals surface area (Å²) in [4.78, 5) is 68.3. The molecular weight excluding hydrogens is 472 g/mol. The Labute approximate surface area is 209 Å². The lowest BCUT2D eigenvalue weighted by atomic mass is 10.0. The Hall–Kier alpha value is -3.52. The number of imidazole rings is 1. The van der Waals surface area contributed by atoms with Gasteiger partial charge < -0.3 is 43.2 Å². The minimum Gasteiger partial charge on any atom is -0.480 e. The number of amides is 4. The number of primary amides is 1. The zero-order valence-corrected chi connectivity index (χ0v) is 20.7. The van der Waals surface area contributed by atoms with E-state index in [1.807, 2.05) is 0 Å². The van der Waals surface area contributed by atoms with Gasteiger partial charge in [-0.15, -0.1) is 0 Å². The van der Waals surface area contributed by atoms with Gasteiger partial charge in [-0.2, -0.15) is 0 Å². The maximum absolute atomic E-state index is 13.2. The monoisotopic (exact) mass is 510 g/mol. The number of aromatic amines is 1. The molecule has 0 radical (unpaired) electrons. The number of nitrogens with two attached hydrogens (primary N) is 3. The molecule has 36 heavy (non-hydrogen) atoms. The van der Waals surface area contributed by atoms with E-state index in [4.69, 9.17) is 17.2 Å². The first-order valence-corrected chi connectivity index (χ1v) is 11.8. The summed E-state index contributed by atoms with van der Waals surface area (Å²) in [5.74, 6) is -4.22. The molecule has 1 rings (SSSR count). The van der Waals surface area contributed by atoms with Crippen LogP contribution in [0.4, 0.5) is 0 Å². The van der Waals surface area contributed by atoms with Crippen LogP contribution in [-0.2, 0) is 30.4 Å². The van der Waals surface area contributed by atoms with Gasteiger partial charge in [-0.25, -0.2) is 9.78 Å². The van der Waals surface area contributed by atoms with Gasteiger partial charge in [-0.1, -0.05) is 13.8 Å². The maximum Gasteiger partial charge on any atom is 0.326 e. The molecular formula is C22H38N8O6. The highest BCUT2D eigenvalue weighted by molar-refractivity contribution is 5.94. The highest BCUT2D eigenvalue weighted by Crippen LogP contribution is 2.07. The Balaban J connectivity index is 3.05. The van der Waals surface area contributed by atoms with Gasteiger partial charge in [0.25, 0.3) is 0 Å². The normalized spacial score (nSPS) is 14.4. The van der Waals surface area contributed by atoms with Gasteiger partial charge in [-0.3, -0.25) is 19.2 Å². The molecule has 4 unspecified atom stereocenters. The van der Waals surface area contributed by atoms with Crippen molar-refractivity contribution in [2.45, 2.75) is 76.5 Å². The Morgan fingerprint density at radius 2 is 1.58 bits per heavy atom. The van der Waals surface area contributed by atoms with Gasteiger partial charge >= 0.3 is 5.97 Å². The molecule has 202 valence electrons. The Kier molecular flexibility index (Phi) is 13.1. The molecule has 1 aromatic rings. The lowest BCUT2D eigenvalue weighted by Crippen LogP contribution is -2.58. The first-order valence-electron chi connectivity index (χ1n) is 11.8. The summed E-state index contributed by atoms with van der Waals surface area (Å²) in [5.41, 5.74) is 17.1. The highest BCUT2D eigenvalue weighted by Gasteiger charge is 2.31. The zero-order chi connectivity index (χ0) is 27.3. The summed E-state index contributed by atoms with van der Waals surface area (Å²) in [6, 6.07) is -4.49. The minimum atomic E-state index is -1.28. The van der Waals surface area contributed by atoms with E-state index in [2.05, 4.69) is 25.9 Å². The number of nitrogens with zero attached hydrogens (tertiary/aromatic N) is 1. The quantitative estimate of drug-likeness (QED) is 0.106. The van der Waals surface area contributed by atoms with Crippen molar-refractivity contribution in [1.29, 1.82) is 0 Å². The van der Waals surface area contributed by atoms with E-state index in [-0.39, 0.29) is 31.6 Å². The van der Waals surface area contributed by atoms with Crippen molar-refractivity contribution in [2.75, 3.05) is 6.54 Å². The number of aliphatic carboxylic acids is 1. The molecule has 0 bridgehead atoms. The summed E-state index contributed by atoms with van der Waals surface area (Å²) in [7, 11) is 0. The molecule has 0 aliphatic heterocycles. The first-order chi connectivity index (χ1) is 17.0. The van der Waals surface area contributed by atoms with E-state index in [9.17, 15) is 29.1 Å². The summed E-state index contributed by atoms with van der Waals surface area (Å²) in [6.07, 6.45) is 3.69. The number of unbranched alkanes of at least 4 members (excludes halogenated alkanes) is 1. The fourth-order valence-corrected chi connectivity index (χ4v) is 3.25. The number of carboxylic acid groups (broad SMARTS) is 1. The van der Waals surface area contributed by atoms with Gasteiger partial charge in [0.05, 0.1) is 12.4 Å². The van der Waals surface area contributed by atoms with Crippen LogP contribution in [0.1, 0.15) is 51.6 Å². The van der Waals surface area contributed by atoms with Crippen molar-refractivity contribution in [2.24, 2.45) is 23.1 Å². The predicted molar refractivity (Wildman–Crippen MR) is 130 cm³/mol. The van der Waals surface area contributed by atoms with Gasteiger partial charge in [0, 0.05) is 24.7 Å². The molecule has 14 heteroatoms. The Bertz CT molecular complexity index is 876. The van der Waals surface area contributed by atoms with Gasteiger partial charge in [-0.05, 0) is 38.1 Å². The molecule has 0 saturated carbocycles. The number of rotatable bonds is 17. The molecule has 4 atom stereocenters. The van der Waals surface area contributed by atoms with Crippen LogP contribution >= 0.6 is 0 Å². The van der Waals surface area contributed by atoms with Gasteiger partial charge in [0.15, 0.2) is 0 Å². The molecule has 1 aromatic heterocycles. The lowest BCUT2D eigenvalue weighted by molar-refractivity contribution is -0.142. The second-order valence-electron chi connectivity index (χ2n) is 8.86. The number of H-pyrrole nitrogens is 1. The average molecular weight is 511 g/mol. The molecule has 0 aliphatic rings. The summed E-state index contributed by atoms with van der Waals surface area (Å²) in [6.45, 7) is 3.89. The van der Waals surface area contributed by atoms with Crippen LogP contribution in [0.25, 0.3) is 0 Å². The largest absolute Gasteiger partial charge is 0.480 e. The number of carbonyl (C=O) groups is 5. The molecule has 0 saturated heterocycles. The van der Waals surface area contributed by atoms with E-state index in [0.29, 0.717) is 25.1 Å². The number of hydrogen-bond acceptors (Lipinski definition) is 8. The average Bonchev–Trinajstić information content (AvgIpc) is 3.32. The topological polar surface area (TPSA) is 248 Å². The predicted octanol–water partition coefficient (Wildman–Crippen LogP) is -2.13. The molecule has 14 nitrogen and oxygen atoms in total. The van der Waals surface area contributed by atoms with E-state index < -0.39 is 53.8 Å². The first kappa shape index (κ1) is 30.5. The summed E-state index contributed by atoms with van der Waals surface area (Å²) < 4.78 is 0. The molecule has 0 fully saturated rings. The van der Waals surface area contributed by atoms with Crippen molar-refractivity contribution in [3.63, 3.8) is 0 Å². The second kappa shape index (κ2) is 15.5. The third-order valence-corrected chi connectivity index (χ3v) is 5.51. The number of hydrogen-bond donors (Lipinski definition) is 8. The lowest BCUT2D eigenvalue weighted by Gasteiger charge is -2.25. The molecule has 0 aromatic carbocycles. The fourth-order valence-electron chi connectivity index (χ4n) is 3.25. The maximum atomic E-state index is 13.2. The van der Waals surface area contributed by atoms with Crippen molar-refractivity contribution < 1.29 is 29.1 Å². The molecule has 4 amide bonds. The van der Waals surface area contributed by atoms with Gasteiger partial charge in [0.1, 0.15) is 18.1 Å². The third kappa shape index (κ3) is 10.8. The van der Waals surface area contributed by atoms with Crippen LogP contribution in [0.2, 0.25) is 0 Å². The van der Waals surface area contributed by atoms with Crippen LogP contribution in [-0.4, -0.2) is 75.4 Å². The number of nitrogens with one attached hydrogen (secondary N) is 4. The highest BCUT2D eigenvalue weighted by atomic mass is 16.4. The zero-order valence-electron chi connectivity index (χ0n) is 20.7. The van der Waals surface area contributed by atoms with Crippen molar-refractivity contribution >= 4 is 29.6 Å². The van der Waals surface area contributed by atoms with E-state index in [1.54, 1.807) is 13.8 Å². The molecule has 0 aliphatic carbocycles. The molecule has 11 N–H and O–H groups in total.